The van der Waals surface area contributed by atoms with E-state index in [-0.39, 0.29) is 16.9 Å². The van der Waals surface area contributed by atoms with Gasteiger partial charge >= 0.3 is 157 Å². The summed E-state index contributed by atoms with van der Waals surface area (Å²) in [6, 6.07) is 12.2. The molecule has 0 saturated carbocycles. The van der Waals surface area contributed by atoms with Gasteiger partial charge in [0.25, 0.3) is 0 Å². The van der Waals surface area contributed by atoms with Gasteiger partial charge in [-0.25, -0.2) is 0 Å². The van der Waals surface area contributed by atoms with Gasteiger partial charge in [0, 0.05) is 0 Å². The third-order valence-corrected chi connectivity index (χ3v) is 5.54. The van der Waals surface area contributed by atoms with Gasteiger partial charge in [0.2, 0.25) is 0 Å². The predicted octanol–water partition coefficient (Wildman–Crippen LogP) is 3.98. The van der Waals surface area contributed by atoms with E-state index in [1.807, 2.05) is 37.3 Å². The molecule has 1 aliphatic carbocycles. The first-order valence-corrected chi connectivity index (χ1v) is 10.1. The monoisotopic (exact) mass is 419 g/mol. The predicted molar refractivity (Wildman–Crippen MR) is 101 cm³/mol. The molecule has 2 aromatic rings. The molecule has 3 rings (SSSR count). The third kappa shape index (κ3) is 3.74. The average molecular weight is 418 g/mol. The summed E-state index contributed by atoms with van der Waals surface area (Å²) < 4.78 is 25.2. The van der Waals surface area contributed by atoms with Gasteiger partial charge in [0.1, 0.15) is 0 Å². The molecule has 1 unspecified atom stereocenters. The maximum atomic E-state index is 13.7. The van der Waals surface area contributed by atoms with Crippen LogP contribution in [-0.2, 0) is 15.6 Å². The Labute approximate surface area is 157 Å². The van der Waals surface area contributed by atoms with E-state index >= 15 is 0 Å². The molecule has 2 nitrogen and oxygen atoms in total. The van der Waals surface area contributed by atoms with Crippen LogP contribution in [0, 0.1) is 5.82 Å². The fourth-order valence-electron chi connectivity index (χ4n) is 3.05. The second-order valence-corrected chi connectivity index (χ2v) is 8.26. The van der Waals surface area contributed by atoms with Crippen LogP contribution < -0.4 is 0 Å². The molecule has 0 aliphatic heterocycles. The van der Waals surface area contributed by atoms with E-state index in [9.17, 15) is 13.4 Å². The first-order chi connectivity index (χ1) is 11.9. The number of halogens is 1. The summed E-state index contributed by atoms with van der Waals surface area (Å²) >= 11 is 2.50. The zero-order valence-electron chi connectivity index (χ0n) is 13.8. The maximum absolute atomic E-state index is 13.7. The number of benzene rings is 2. The molecule has 0 heterocycles. The van der Waals surface area contributed by atoms with Crippen molar-refractivity contribution in [2.24, 2.45) is 0 Å². The molecular formula is C20H16FO2SSe. The quantitative estimate of drug-likeness (QED) is 0.704. The minimum absolute atomic E-state index is 0.0689. The number of fused-ring (bicyclic) bond motifs is 1. The molecule has 1 aliphatic rings. The Morgan fingerprint density at radius 1 is 1.16 bits per heavy atom. The molecule has 1 radical (unpaired) electrons. The Morgan fingerprint density at radius 3 is 2.44 bits per heavy atom. The number of carbonyl (C=O) groups excluding carboxylic acids is 1. The number of hydrogen-bond acceptors (Lipinski definition) is 2. The SMILES string of the molecule is CC1=C(CC(=O)[Se])c2cc(F)ccc2C1=Cc1ccc(S(C)=O)cc1. The number of rotatable bonds is 4. The van der Waals surface area contributed by atoms with Crippen molar-refractivity contribution in [1.29, 1.82) is 0 Å². The molecule has 127 valence electrons. The van der Waals surface area contributed by atoms with Crippen LogP contribution in [-0.4, -0.2) is 31.2 Å². The molecule has 5 heteroatoms. The van der Waals surface area contributed by atoms with Crippen LogP contribution in [0.3, 0.4) is 0 Å². The molecule has 0 spiro atoms. The van der Waals surface area contributed by atoms with Gasteiger partial charge in [-0.15, -0.1) is 0 Å². The van der Waals surface area contributed by atoms with Crippen molar-refractivity contribution in [3.05, 3.63) is 70.5 Å². The van der Waals surface area contributed by atoms with Crippen LogP contribution in [0.5, 0.6) is 0 Å². The standard InChI is InChI=1S/C20H16FO2SSe/c1-12-17(9-13-3-6-15(7-4-13)24(2)23)16-8-5-14(21)10-19(16)18(12)11-20(22)25/h3-10H,11H2,1-2H3. The summed E-state index contributed by atoms with van der Waals surface area (Å²) in [5, 5.41) is 0. The first-order valence-electron chi connectivity index (χ1n) is 7.72. The number of carbonyl (C=O) groups is 1. The topological polar surface area (TPSA) is 34.1 Å². The van der Waals surface area contributed by atoms with Gasteiger partial charge in [-0.1, -0.05) is 0 Å². The summed E-state index contributed by atoms with van der Waals surface area (Å²) in [6.07, 6.45) is 3.91. The van der Waals surface area contributed by atoms with E-state index in [0.717, 1.165) is 38.3 Å². The Bertz CT molecular complexity index is 943. The van der Waals surface area contributed by atoms with Crippen molar-refractivity contribution in [2.75, 3.05) is 6.26 Å². The second kappa shape index (κ2) is 7.20. The van der Waals surface area contributed by atoms with Gasteiger partial charge < -0.3 is 0 Å². The first kappa shape index (κ1) is 18.0. The Hall–Kier alpha value is -1.81. The summed E-state index contributed by atoms with van der Waals surface area (Å²) in [5.41, 5.74) is 5.49. The van der Waals surface area contributed by atoms with Gasteiger partial charge in [0.15, 0.2) is 0 Å². The van der Waals surface area contributed by atoms with Crippen molar-refractivity contribution >= 4 is 48.7 Å². The molecule has 2 aromatic carbocycles. The van der Waals surface area contributed by atoms with Crippen molar-refractivity contribution in [2.45, 2.75) is 18.2 Å². The average Bonchev–Trinajstić information content (AvgIpc) is 2.80. The second-order valence-electron chi connectivity index (χ2n) is 5.92. The van der Waals surface area contributed by atoms with Crippen LogP contribution in [0.2, 0.25) is 0 Å². The molecule has 1 atom stereocenters. The molecule has 25 heavy (non-hydrogen) atoms. The van der Waals surface area contributed by atoms with Gasteiger partial charge in [0.05, 0.1) is 0 Å². The van der Waals surface area contributed by atoms with Gasteiger partial charge in [-0.05, 0) is 0 Å². The number of hydrogen-bond donors (Lipinski definition) is 0. The molecule has 0 fully saturated rings. The fraction of sp³-hybridized carbons (Fsp3) is 0.150. The van der Waals surface area contributed by atoms with Gasteiger partial charge in [-0.3, -0.25) is 0 Å². The minimum atomic E-state index is -1.01. The number of allylic oxidation sites excluding steroid dienone is 3. The summed E-state index contributed by atoms with van der Waals surface area (Å²) in [7, 11) is -1.01. The molecule has 0 bridgehead atoms. The Balaban J connectivity index is 2.10. The van der Waals surface area contributed by atoms with Crippen molar-refractivity contribution in [1.82, 2.24) is 0 Å². The van der Waals surface area contributed by atoms with Gasteiger partial charge in [-0.2, -0.15) is 0 Å². The van der Waals surface area contributed by atoms with Crippen LogP contribution >= 0.6 is 0 Å². The zero-order chi connectivity index (χ0) is 18.1. The van der Waals surface area contributed by atoms with Crippen LogP contribution in [0.4, 0.5) is 4.39 Å². The van der Waals surface area contributed by atoms with Crippen LogP contribution in [0.25, 0.3) is 17.2 Å². The molecule has 0 saturated heterocycles. The Morgan fingerprint density at radius 2 is 1.84 bits per heavy atom. The summed E-state index contributed by atoms with van der Waals surface area (Å²) in [6.45, 7) is 1.96. The van der Waals surface area contributed by atoms with E-state index in [1.165, 1.54) is 12.1 Å². The van der Waals surface area contributed by atoms with Crippen molar-refractivity contribution < 1.29 is 13.4 Å². The van der Waals surface area contributed by atoms with E-state index < -0.39 is 10.8 Å². The van der Waals surface area contributed by atoms with E-state index in [0.29, 0.717) is 0 Å². The molecule has 0 N–H and O–H groups in total. The van der Waals surface area contributed by atoms with E-state index in [2.05, 4.69) is 16.0 Å². The van der Waals surface area contributed by atoms with E-state index in [1.54, 1.807) is 12.3 Å². The zero-order valence-corrected chi connectivity index (χ0v) is 16.4. The normalized spacial score (nSPS) is 16.2. The fourth-order valence-corrected chi connectivity index (χ4v) is 3.87. The Kier molecular flexibility index (Phi) is 5.19. The third-order valence-electron chi connectivity index (χ3n) is 4.30. The van der Waals surface area contributed by atoms with Crippen LogP contribution in [0.15, 0.2) is 52.9 Å². The van der Waals surface area contributed by atoms with Crippen molar-refractivity contribution in [3.8, 4) is 0 Å². The van der Waals surface area contributed by atoms with Crippen molar-refractivity contribution in [3.63, 3.8) is 0 Å². The molecular weight excluding hydrogens is 402 g/mol. The van der Waals surface area contributed by atoms with Crippen LogP contribution in [0.1, 0.15) is 30.0 Å². The summed E-state index contributed by atoms with van der Waals surface area (Å²) in [5.74, 6) is -0.312. The molecule has 0 aromatic heterocycles. The molecule has 0 amide bonds. The van der Waals surface area contributed by atoms with E-state index in [4.69, 9.17) is 0 Å². The summed E-state index contributed by atoms with van der Waals surface area (Å²) in [4.78, 5) is 12.3.